The van der Waals surface area contributed by atoms with Crippen LogP contribution in [0.3, 0.4) is 0 Å². The van der Waals surface area contributed by atoms with Gasteiger partial charge in [-0.1, -0.05) is 182 Å². The van der Waals surface area contributed by atoms with Gasteiger partial charge < -0.3 is 4.74 Å². The van der Waals surface area contributed by atoms with E-state index in [1.807, 2.05) is 24.3 Å². The van der Waals surface area contributed by atoms with E-state index in [1.54, 1.807) is 35.0 Å². The Balaban J connectivity index is 0.000000374. The third-order valence-corrected chi connectivity index (χ3v) is 15.2. The molecule has 0 unspecified atom stereocenters. The molecule has 4 nitrogen and oxygen atoms in total. The summed E-state index contributed by atoms with van der Waals surface area (Å²) in [6.45, 7) is 2.82. The number of benzene rings is 5. The number of rotatable bonds is 25. The summed E-state index contributed by atoms with van der Waals surface area (Å²) in [5, 5.41) is 0. The van der Waals surface area contributed by atoms with Gasteiger partial charge in [0.25, 0.3) is 5.69 Å². The van der Waals surface area contributed by atoms with Crippen LogP contribution in [0.2, 0.25) is 0 Å². The summed E-state index contributed by atoms with van der Waals surface area (Å²) in [6, 6.07) is 5.69. The predicted molar refractivity (Wildman–Crippen MR) is 297 cm³/mol. The van der Waals surface area contributed by atoms with Crippen LogP contribution in [-0.4, -0.2) is 24.5 Å². The van der Waals surface area contributed by atoms with Crippen molar-refractivity contribution in [2.75, 3.05) is 6.61 Å². The number of Topliss-reactive ketones (excluding diaryl/α,β-unsaturated/α-hetero) is 1. The number of nitrogens with zero attached hydrogens (tertiary/aromatic N) is 1. The van der Waals surface area contributed by atoms with Crippen LogP contribution < -0.4 is 26.4 Å². The fraction of sp³-hybridized carbons (Fsp3) is 0.422. The van der Waals surface area contributed by atoms with Gasteiger partial charge in [0.05, 0.1) is 51.1 Å². The molecule has 93 heavy (non-hydrogen) atoms. The zero-order valence-electron chi connectivity index (χ0n) is 49.2. The molecule has 0 saturated carbocycles. The smallest absolute Gasteiger partial charge is 0.416 e. The molecular weight excluding hydrogens is 1300 g/mol. The number of carbonyl (C=O) groups excluding carboxylic acids is 2. The fourth-order valence-electron chi connectivity index (χ4n) is 10.6. The lowest BCUT2D eigenvalue weighted by molar-refractivity contribution is -0.685. The van der Waals surface area contributed by atoms with Crippen molar-refractivity contribution >= 4 is 39.7 Å². The monoisotopic (exact) mass is 1360 g/mol. The molecule has 0 aliphatic rings. The number of hydrogen-bond acceptors (Lipinski definition) is 3. The van der Waals surface area contributed by atoms with E-state index in [2.05, 4.69) is 6.92 Å². The van der Waals surface area contributed by atoms with Gasteiger partial charge in [0.15, 0.2) is 6.20 Å². The molecule has 0 saturated heterocycles. The van der Waals surface area contributed by atoms with Crippen molar-refractivity contribution in [3.8, 4) is 0 Å². The minimum atomic E-state index is -6.13. The largest absolute Gasteiger partial charge is 0.458 e. The molecule has 0 spiro atoms. The topological polar surface area (TPSA) is 47.2 Å². The molecule has 1 heterocycles. The van der Waals surface area contributed by atoms with Crippen LogP contribution in [0.5, 0.6) is 0 Å². The van der Waals surface area contributed by atoms with Crippen LogP contribution in [0.25, 0.3) is 0 Å². The summed E-state index contributed by atoms with van der Waals surface area (Å²) < 4.78 is 348. The maximum atomic E-state index is 14.2. The molecule has 0 fully saturated rings. The SMILES string of the molecule is CCCCCCCCCCCCCCCCCCOC(=O)c1cccc[n+]1CC(=O)c1ccccc1.FC(F)(F)c1cc([B-](c2cc(C(F)(F)F)cc(C(F)(F)F)c2)(c2cc(C(F)(F)F)cc(C(F)(F)F)c2)c2cc(C(F)(F)F)cc(C(F)(F)F)c2)cc(C(F)(F)F)c1. The number of esters is 1. The van der Waals surface area contributed by atoms with Gasteiger partial charge in [0, 0.05) is 17.7 Å². The second kappa shape index (κ2) is 31.3. The molecule has 0 radical (unpaired) electrons. The third-order valence-electron chi connectivity index (χ3n) is 15.2. The van der Waals surface area contributed by atoms with E-state index in [9.17, 15) is 115 Å². The maximum absolute atomic E-state index is 14.2. The van der Waals surface area contributed by atoms with Crippen LogP contribution in [-0.2, 0) is 60.7 Å². The van der Waals surface area contributed by atoms with Crippen LogP contribution in [0, 0.1) is 0 Å². The minimum Gasteiger partial charge on any atom is -0.458 e. The van der Waals surface area contributed by atoms with Gasteiger partial charge in [-0.25, -0.2) is 4.79 Å². The summed E-state index contributed by atoms with van der Waals surface area (Å²) in [5.41, 5.74) is -29.1. The Morgan fingerprint density at radius 3 is 0.871 bits per heavy atom. The van der Waals surface area contributed by atoms with Crippen LogP contribution in [0.1, 0.15) is 175 Å². The van der Waals surface area contributed by atoms with E-state index >= 15 is 0 Å². The standard InChI is InChI=1S/C32H12BF24.C32H48NO3/c34-25(35,36)13-1-14(26(37,38)39)6-21(5-13)33(22-7-15(27(40,41)42)2-16(8-22)28(43,44)45,23-9-17(29(46,47)48)3-18(10-23)30(49,50)51)24-11-19(31(52,53)54)4-20(12-24)32(55,56)57;1-2-3-4-5-6-7-8-9-10-11-12-13-14-15-16-22-27-36-32(35)30-25-20-21-26-33(30)28-31(34)29-23-18-17-19-24-29/h1-12H;17-21,23-26H,2-16,22,27-28H2,1H3/q-1;+1. The third kappa shape index (κ3) is 21.9. The van der Waals surface area contributed by atoms with Crippen LogP contribution in [0.15, 0.2) is 128 Å². The van der Waals surface area contributed by atoms with E-state index in [0.717, 1.165) is 12.8 Å². The molecule has 5 aromatic carbocycles. The van der Waals surface area contributed by atoms with E-state index in [1.165, 1.54) is 89.9 Å². The average molecular weight is 1360 g/mol. The Kier molecular flexibility index (Phi) is 25.8. The summed E-state index contributed by atoms with van der Waals surface area (Å²) in [4.78, 5) is 25.1. The van der Waals surface area contributed by atoms with Gasteiger partial charge in [-0.3, -0.25) is 4.79 Å². The Morgan fingerprint density at radius 1 is 0.344 bits per heavy atom. The van der Waals surface area contributed by atoms with E-state index in [-0.39, 0.29) is 18.3 Å². The summed E-state index contributed by atoms with van der Waals surface area (Å²) >= 11 is 0. The van der Waals surface area contributed by atoms with Crippen molar-refractivity contribution in [1.29, 1.82) is 0 Å². The van der Waals surface area contributed by atoms with E-state index < -0.39 is 195 Å². The van der Waals surface area contributed by atoms with Crippen molar-refractivity contribution in [3.05, 3.63) is 183 Å². The fourth-order valence-corrected chi connectivity index (χ4v) is 10.6. The maximum Gasteiger partial charge on any atom is 0.416 e. The highest BCUT2D eigenvalue weighted by atomic mass is 19.4. The number of alkyl halides is 24. The van der Waals surface area contributed by atoms with Crippen molar-refractivity contribution in [2.45, 2.75) is 166 Å². The number of ether oxygens (including phenoxy) is 1. The highest BCUT2D eigenvalue weighted by Gasteiger charge is 2.47. The molecule has 0 aliphatic heterocycles. The first-order valence-corrected chi connectivity index (χ1v) is 29.1. The van der Waals surface area contributed by atoms with Crippen molar-refractivity contribution in [3.63, 3.8) is 0 Å². The molecule has 0 N–H and O–H groups in total. The number of unbranched alkanes of at least 4 members (excludes halogenated alkanes) is 15. The molecule has 6 aromatic rings. The Bertz CT molecular complexity index is 2980. The number of carbonyl (C=O) groups is 2. The molecule has 29 heteroatoms. The van der Waals surface area contributed by atoms with Gasteiger partial charge in [-0.15, -0.1) is 0 Å². The number of hydrogen-bond donors (Lipinski definition) is 0. The second-order valence-electron chi connectivity index (χ2n) is 22.2. The van der Waals surface area contributed by atoms with Gasteiger partial charge in [0.1, 0.15) is 6.15 Å². The number of aromatic nitrogens is 1. The lowest BCUT2D eigenvalue weighted by Gasteiger charge is -2.46. The molecule has 0 amide bonds. The highest BCUT2D eigenvalue weighted by Crippen LogP contribution is 2.42. The number of ketones is 1. The van der Waals surface area contributed by atoms with Crippen molar-refractivity contribution in [2.24, 2.45) is 0 Å². The summed E-state index contributed by atoms with van der Waals surface area (Å²) in [7, 11) is 0. The van der Waals surface area contributed by atoms with Crippen molar-refractivity contribution in [1.82, 2.24) is 0 Å². The lowest BCUT2D eigenvalue weighted by atomic mass is 9.12. The van der Waals surface area contributed by atoms with Gasteiger partial charge in [0.2, 0.25) is 12.3 Å². The Labute approximate surface area is 518 Å². The molecule has 0 bridgehead atoms. The zero-order valence-corrected chi connectivity index (χ0v) is 49.2. The highest BCUT2D eigenvalue weighted by molar-refractivity contribution is 7.20. The molecule has 6 rings (SSSR count). The Hall–Kier alpha value is -7.23. The van der Waals surface area contributed by atoms with Gasteiger partial charge in [-0.05, 0) is 36.8 Å². The first kappa shape index (κ1) is 76.5. The number of pyridine rings is 1. The molecule has 1 aromatic heterocycles. The quantitative estimate of drug-likeness (QED) is 0.0143. The van der Waals surface area contributed by atoms with Crippen LogP contribution in [0.4, 0.5) is 105 Å². The Morgan fingerprint density at radius 2 is 0.602 bits per heavy atom. The normalized spacial score (nSPS) is 13.0. The van der Waals surface area contributed by atoms with Crippen LogP contribution >= 0.6 is 0 Å². The minimum absolute atomic E-state index is 0.0290. The summed E-state index contributed by atoms with van der Waals surface area (Å²) in [6.07, 6.45) is -31.9. The average Bonchev–Trinajstić information content (AvgIpc) is 0.709. The predicted octanol–water partition coefficient (Wildman–Crippen LogP) is 19.5. The summed E-state index contributed by atoms with van der Waals surface area (Å²) in [5.74, 6) is -0.393. The number of halogens is 24. The van der Waals surface area contributed by atoms with E-state index in [0.29, 0.717) is 17.9 Å². The lowest BCUT2D eigenvalue weighted by Crippen LogP contribution is -2.75. The second-order valence-corrected chi connectivity index (χ2v) is 22.2. The van der Waals surface area contributed by atoms with Crippen molar-refractivity contribution < 1.29 is 124 Å². The zero-order chi connectivity index (χ0) is 69.6. The first-order chi connectivity index (χ1) is 43.0. The molecular formula is C64H60BF24NO3. The molecule has 0 aliphatic carbocycles. The molecule has 510 valence electrons. The molecule has 0 atom stereocenters. The van der Waals surface area contributed by atoms with Gasteiger partial charge in [-0.2, -0.15) is 132 Å². The first-order valence-electron chi connectivity index (χ1n) is 29.1. The van der Waals surface area contributed by atoms with E-state index in [4.69, 9.17) is 4.74 Å². The van der Waals surface area contributed by atoms with Gasteiger partial charge >= 0.3 is 55.4 Å².